The Bertz CT molecular complexity index is 707. The molecule has 0 spiro atoms. The number of carbonyl (C=O) groups excluding carboxylic acids is 2. The van der Waals surface area contributed by atoms with Gasteiger partial charge in [0.05, 0.1) is 4.90 Å². The van der Waals surface area contributed by atoms with Crippen LogP contribution < -0.4 is 4.72 Å². The number of hydrogen-bond donors (Lipinski definition) is 1. The van der Waals surface area contributed by atoms with Gasteiger partial charge in [-0.3, -0.25) is 9.59 Å². The zero-order valence-electron chi connectivity index (χ0n) is 16.6. The van der Waals surface area contributed by atoms with Crippen molar-refractivity contribution in [1.82, 2.24) is 9.62 Å². The number of amides is 1. The van der Waals surface area contributed by atoms with E-state index in [1.165, 1.54) is 19.1 Å². The van der Waals surface area contributed by atoms with E-state index in [9.17, 15) is 18.0 Å². The molecule has 0 aliphatic heterocycles. The van der Waals surface area contributed by atoms with E-state index in [-0.39, 0.29) is 10.8 Å². The highest BCUT2D eigenvalue weighted by molar-refractivity contribution is 7.89. The molecular formula is C19H30N2O5S. The van der Waals surface area contributed by atoms with E-state index in [0.717, 1.165) is 0 Å². The molecule has 0 saturated carbocycles. The summed E-state index contributed by atoms with van der Waals surface area (Å²) in [7, 11) is -3.84. The van der Waals surface area contributed by atoms with Crippen LogP contribution in [0.5, 0.6) is 0 Å². The number of nitrogens with one attached hydrogen (secondary N) is 1. The standard InChI is InChI=1S/C19H30N2O5S/c1-14(2)11-21(12-15(3)4)18(22)13-26-19(23)16(5)20-27(24,25)17-9-7-6-8-10-17/h6-10,14-16,20H,11-13H2,1-5H3/t16-/m0/s1. The van der Waals surface area contributed by atoms with Crippen molar-refractivity contribution in [3.63, 3.8) is 0 Å². The van der Waals surface area contributed by atoms with Gasteiger partial charge in [0.2, 0.25) is 10.0 Å². The second-order valence-electron chi connectivity index (χ2n) is 7.35. The molecule has 1 aromatic carbocycles. The van der Waals surface area contributed by atoms with Crippen LogP contribution in [0.25, 0.3) is 0 Å². The number of carbonyl (C=O) groups is 2. The molecule has 0 aliphatic carbocycles. The van der Waals surface area contributed by atoms with Crippen LogP contribution in [0, 0.1) is 11.8 Å². The first-order valence-electron chi connectivity index (χ1n) is 9.04. The lowest BCUT2D eigenvalue weighted by Crippen LogP contribution is -2.43. The molecule has 0 radical (unpaired) electrons. The summed E-state index contributed by atoms with van der Waals surface area (Å²) in [6.45, 7) is 10.2. The van der Waals surface area contributed by atoms with Gasteiger partial charge >= 0.3 is 5.97 Å². The molecule has 1 amide bonds. The van der Waals surface area contributed by atoms with Gasteiger partial charge in [-0.2, -0.15) is 4.72 Å². The van der Waals surface area contributed by atoms with Gasteiger partial charge in [-0.05, 0) is 30.9 Å². The molecule has 0 aromatic heterocycles. The maximum absolute atomic E-state index is 12.4. The Kier molecular flexibility index (Phi) is 8.92. The summed E-state index contributed by atoms with van der Waals surface area (Å²) < 4.78 is 31.8. The largest absolute Gasteiger partial charge is 0.454 e. The van der Waals surface area contributed by atoms with Gasteiger partial charge in [-0.25, -0.2) is 8.42 Å². The highest BCUT2D eigenvalue weighted by Gasteiger charge is 2.24. The highest BCUT2D eigenvalue weighted by Crippen LogP contribution is 2.09. The van der Waals surface area contributed by atoms with Crippen LogP contribution in [0.3, 0.4) is 0 Å². The lowest BCUT2D eigenvalue weighted by atomic mass is 10.1. The SMILES string of the molecule is CC(C)CN(CC(C)C)C(=O)COC(=O)[C@H](C)NS(=O)(=O)c1ccccc1. The quantitative estimate of drug-likeness (QED) is 0.609. The molecule has 1 N–H and O–H groups in total. The molecule has 0 bridgehead atoms. The minimum absolute atomic E-state index is 0.0563. The Morgan fingerprint density at radius 3 is 2.00 bits per heavy atom. The van der Waals surface area contributed by atoms with Gasteiger partial charge in [-0.15, -0.1) is 0 Å². The maximum Gasteiger partial charge on any atom is 0.324 e. The minimum Gasteiger partial charge on any atom is -0.454 e. The average molecular weight is 399 g/mol. The summed E-state index contributed by atoms with van der Waals surface area (Å²) in [5.41, 5.74) is 0. The number of ether oxygens (including phenoxy) is 1. The molecule has 0 saturated heterocycles. The molecule has 0 unspecified atom stereocenters. The number of sulfonamides is 1. The average Bonchev–Trinajstić information content (AvgIpc) is 2.58. The number of rotatable bonds is 10. The zero-order valence-corrected chi connectivity index (χ0v) is 17.5. The second kappa shape index (κ2) is 10.4. The second-order valence-corrected chi connectivity index (χ2v) is 9.06. The summed E-state index contributed by atoms with van der Waals surface area (Å²) >= 11 is 0. The number of esters is 1. The van der Waals surface area contributed by atoms with Crippen molar-refractivity contribution < 1.29 is 22.7 Å². The Hall–Kier alpha value is -1.93. The van der Waals surface area contributed by atoms with Crippen LogP contribution in [0.15, 0.2) is 35.2 Å². The van der Waals surface area contributed by atoms with Crippen molar-refractivity contribution in [2.24, 2.45) is 11.8 Å². The predicted octanol–water partition coefficient (Wildman–Crippen LogP) is 2.04. The molecule has 0 fully saturated rings. The van der Waals surface area contributed by atoms with Crippen LogP contribution in [0.1, 0.15) is 34.6 Å². The number of nitrogens with zero attached hydrogens (tertiary/aromatic N) is 1. The van der Waals surface area contributed by atoms with Crippen molar-refractivity contribution in [3.8, 4) is 0 Å². The Morgan fingerprint density at radius 1 is 1.00 bits per heavy atom. The fraction of sp³-hybridized carbons (Fsp3) is 0.579. The van der Waals surface area contributed by atoms with E-state index < -0.39 is 28.6 Å². The van der Waals surface area contributed by atoms with Crippen molar-refractivity contribution in [2.75, 3.05) is 19.7 Å². The van der Waals surface area contributed by atoms with Crippen molar-refractivity contribution in [2.45, 2.75) is 45.6 Å². The molecule has 0 aliphatic rings. The van der Waals surface area contributed by atoms with Gasteiger partial charge in [0.15, 0.2) is 6.61 Å². The summed E-state index contributed by atoms with van der Waals surface area (Å²) in [6.07, 6.45) is 0. The normalized spacial score (nSPS) is 12.9. The first-order chi connectivity index (χ1) is 12.5. The molecule has 152 valence electrons. The fourth-order valence-corrected chi connectivity index (χ4v) is 3.67. The smallest absolute Gasteiger partial charge is 0.324 e. The predicted molar refractivity (Wildman–Crippen MR) is 103 cm³/mol. The van der Waals surface area contributed by atoms with Crippen LogP contribution in [-0.4, -0.2) is 50.9 Å². The number of hydrogen-bond acceptors (Lipinski definition) is 5. The first-order valence-corrected chi connectivity index (χ1v) is 10.5. The third-order valence-electron chi connectivity index (χ3n) is 3.60. The fourth-order valence-electron chi connectivity index (χ4n) is 2.46. The van der Waals surface area contributed by atoms with Crippen LogP contribution in [-0.2, 0) is 24.3 Å². The summed E-state index contributed by atoms with van der Waals surface area (Å²) in [5.74, 6) is -0.499. The Labute approximate surface area is 162 Å². The molecule has 7 nitrogen and oxygen atoms in total. The summed E-state index contributed by atoms with van der Waals surface area (Å²) in [6, 6.07) is 6.64. The monoisotopic (exact) mass is 398 g/mol. The van der Waals surface area contributed by atoms with Crippen LogP contribution in [0.4, 0.5) is 0 Å². The topological polar surface area (TPSA) is 92.8 Å². The summed E-state index contributed by atoms with van der Waals surface area (Å²) in [4.78, 5) is 26.2. The maximum atomic E-state index is 12.4. The van der Waals surface area contributed by atoms with Gasteiger partial charge in [-0.1, -0.05) is 45.9 Å². The third kappa shape index (κ3) is 8.09. The van der Waals surface area contributed by atoms with Crippen LogP contribution in [0.2, 0.25) is 0 Å². The third-order valence-corrected chi connectivity index (χ3v) is 5.16. The molecule has 1 aromatic rings. The minimum atomic E-state index is -3.84. The van der Waals surface area contributed by atoms with E-state index in [1.54, 1.807) is 23.1 Å². The van der Waals surface area contributed by atoms with Gasteiger partial charge < -0.3 is 9.64 Å². The highest BCUT2D eigenvalue weighted by atomic mass is 32.2. The molecule has 27 heavy (non-hydrogen) atoms. The van der Waals surface area contributed by atoms with Gasteiger partial charge in [0.25, 0.3) is 5.91 Å². The van der Waals surface area contributed by atoms with Crippen molar-refractivity contribution in [3.05, 3.63) is 30.3 Å². The zero-order chi connectivity index (χ0) is 20.6. The van der Waals surface area contributed by atoms with E-state index >= 15 is 0 Å². The molecule has 1 atom stereocenters. The van der Waals surface area contributed by atoms with Crippen molar-refractivity contribution in [1.29, 1.82) is 0 Å². The molecular weight excluding hydrogens is 368 g/mol. The van der Waals surface area contributed by atoms with Crippen LogP contribution >= 0.6 is 0 Å². The Morgan fingerprint density at radius 2 is 1.52 bits per heavy atom. The van der Waals surface area contributed by atoms with Gasteiger partial charge in [0, 0.05) is 13.1 Å². The lowest BCUT2D eigenvalue weighted by molar-refractivity contribution is -0.153. The molecule has 1 rings (SSSR count). The lowest BCUT2D eigenvalue weighted by Gasteiger charge is -2.26. The number of benzene rings is 1. The van der Waals surface area contributed by atoms with E-state index in [0.29, 0.717) is 24.9 Å². The summed E-state index contributed by atoms with van der Waals surface area (Å²) in [5, 5.41) is 0. The Balaban J connectivity index is 2.63. The van der Waals surface area contributed by atoms with E-state index in [2.05, 4.69) is 4.72 Å². The molecule has 0 heterocycles. The molecule has 8 heteroatoms. The van der Waals surface area contributed by atoms with Gasteiger partial charge in [0.1, 0.15) is 6.04 Å². The van der Waals surface area contributed by atoms with Crippen molar-refractivity contribution >= 4 is 21.9 Å². The van der Waals surface area contributed by atoms with E-state index in [1.807, 2.05) is 27.7 Å². The first kappa shape index (κ1) is 23.1. The van der Waals surface area contributed by atoms with E-state index in [4.69, 9.17) is 4.74 Å².